The normalized spacial score (nSPS) is 26.7. The monoisotopic (exact) mass is 146 g/mol. The van der Waals surface area contributed by atoms with Crippen LogP contribution in [0.3, 0.4) is 0 Å². The molecule has 0 amide bonds. The van der Waals surface area contributed by atoms with Gasteiger partial charge >= 0.3 is 0 Å². The predicted octanol–water partition coefficient (Wildman–Crippen LogP) is 0.811. The smallest absolute Gasteiger partial charge is 0.0908 e. The molecule has 2 nitrogen and oxygen atoms in total. The molecule has 0 aromatic carbocycles. The molecule has 1 aliphatic carbocycles. The topological polar surface area (TPSA) is 38.0 Å². The van der Waals surface area contributed by atoms with Gasteiger partial charge in [-0.25, -0.2) is 0 Å². The summed E-state index contributed by atoms with van der Waals surface area (Å²) >= 11 is 0. The van der Waals surface area contributed by atoms with E-state index >= 15 is 0 Å². The number of nitrogens with two attached hydrogens (primary N) is 1. The Morgan fingerprint density at radius 2 is 2.18 bits per heavy atom. The van der Waals surface area contributed by atoms with Gasteiger partial charge in [-0.1, -0.05) is 18.2 Å². The van der Waals surface area contributed by atoms with E-state index < -0.39 is 0 Å². The van der Waals surface area contributed by atoms with Crippen LogP contribution in [-0.2, 0) is 0 Å². The molecule has 0 saturated heterocycles. The second-order valence-corrected chi connectivity index (χ2v) is 2.65. The molecule has 0 aromatic heterocycles. The van der Waals surface area contributed by atoms with Crippen molar-refractivity contribution in [3.8, 4) is 0 Å². The van der Waals surface area contributed by atoms with Crippen molar-refractivity contribution < 1.29 is 0 Å². The van der Waals surface area contributed by atoms with E-state index in [4.69, 9.17) is 5.73 Å². The summed E-state index contributed by atoms with van der Waals surface area (Å²) in [6.45, 7) is 0. The molecule has 1 unspecified atom stereocenters. The van der Waals surface area contributed by atoms with Crippen molar-refractivity contribution in [1.29, 1.82) is 0 Å². The van der Waals surface area contributed by atoms with Gasteiger partial charge in [0.1, 0.15) is 0 Å². The Bertz CT molecular complexity index is 282. The fraction of sp³-hybridized carbons (Fsp3) is 0.111. The maximum atomic E-state index is 5.76. The Kier molecular flexibility index (Phi) is 1.32. The molecule has 0 spiro atoms. The molecule has 2 rings (SSSR count). The Morgan fingerprint density at radius 3 is 3.00 bits per heavy atom. The number of allylic oxidation sites excluding steroid dienone is 4. The Hall–Kier alpha value is -1.44. The first-order valence-electron chi connectivity index (χ1n) is 3.64. The number of nitrogens with one attached hydrogen (secondary N) is 1. The van der Waals surface area contributed by atoms with E-state index in [9.17, 15) is 0 Å². The summed E-state index contributed by atoms with van der Waals surface area (Å²) in [7, 11) is 0. The lowest BCUT2D eigenvalue weighted by Crippen LogP contribution is -2.34. The molecule has 56 valence electrons. The van der Waals surface area contributed by atoms with Crippen molar-refractivity contribution >= 4 is 0 Å². The minimum Gasteiger partial charge on any atom is -0.400 e. The highest BCUT2D eigenvalue weighted by atomic mass is 14.9. The van der Waals surface area contributed by atoms with Crippen LogP contribution in [0, 0.1) is 0 Å². The summed E-state index contributed by atoms with van der Waals surface area (Å²) in [4.78, 5) is 0. The van der Waals surface area contributed by atoms with Crippen LogP contribution in [0.1, 0.15) is 0 Å². The zero-order valence-corrected chi connectivity index (χ0v) is 6.12. The van der Waals surface area contributed by atoms with Crippen LogP contribution >= 0.6 is 0 Å². The van der Waals surface area contributed by atoms with E-state index in [0.29, 0.717) is 0 Å². The summed E-state index contributed by atoms with van der Waals surface area (Å²) < 4.78 is 0. The van der Waals surface area contributed by atoms with Crippen molar-refractivity contribution in [2.45, 2.75) is 6.04 Å². The predicted molar refractivity (Wildman–Crippen MR) is 45.6 cm³/mol. The van der Waals surface area contributed by atoms with E-state index in [0.717, 1.165) is 5.70 Å². The summed E-state index contributed by atoms with van der Waals surface area (Å²) in [6.07, 6.45) is 11.9. The lowest BCUT2D eigenvalue weighted by atomic mass is 9.97. The number of dihydropyridines is 1. The molecule has 3 N–H and O–H groups in total. The lowest BCUT2D eigenvalue weighted by molar-refractivity contribution is 0.743. The molecule has 2 heteroatoms. The fourth-order valence-corrected chi connectivity index (χ4v) is 1.31. The third kappa shape index (κ3) is 0.963. The quantitative estimate of drug-likeness (QED) is 0.530. The first-order chi connectivity index (χ1) is 5.38. The number of fused-ring (bicyclic) bond motifs is 1. The second-order valence-electron chi connectivity index (χ2n) is 2.65. The highest BCUT2D eigenvalue weighted by Gasteiger charge is 2.16. The Balaban J connectivity index is 2.37. The Labute approximate surface area is 65.8 Å². The average molecular weight is 146 g/mol. The van der Waals surface area contributed by atoms with Crippen LogP contribution in [0.5, 0.6) is 0 Å². The van der Waals surface area contributed by atoms with Crippen LogP contribution in [0.15, 0.2) is 47.9 Å². The number of hydrogen-bond acceptors (Lipinski definition) is 2. The van der Waals surface area contributed by atoms with Gasteiger partial charge in [-0.3, -0.25) is 0 Å². The van der Waals surface area contributed by atoms with Gasteiger partial charge in [0.25, 0.3) is 0 Å². The SMILES string of the molecule is NC1=CC=CC2=CC=CNC12. The molecule has 0 aromatic rings. The minimum absolute atomic E-state index is 0.199. The van der Waals surface area contributed by atoms with Crippen LogP contribution < -0.4 is 11.1 Å². The summed E-state index contributed by atoms with van der Waals surface area (Å²) in [5.74, 6) is 0. The molecule has 11 heavy (non-hydrogen) atoms. The van der Waals surface area contributed by atoms with Crippen LogP contribution in [0.4, 0.5) is 0 Å². The summed E-state index contributed by atoms with van der Waals surface area (Å²) in [5.41, 5.74) is 7.87. The molecule has 2 aliphatic rings. The largest absolute Gasteiger partial charge is 0.400 e. The number of rotatable bonds is 0. The fourth-order valence-electron chi connectivity index (χ4n) is 1.31. The van der Waals surface area contributed by atoms with Gasteiger partial charge in [0.15, 0.2) is 0 Å². The van der Waals surface area contributed by atoms with Gasteiger partial charge in [0, 0.05) is 5.70 Å². The first-order valence-corrected chi connectivity index (χ1v) is 3.64. The highest BCUT2D eigenvalue weighted by molar-refractivity contribution is 5.44. The standard InChI is InChI=1S/C9H10N2/c10-8-5-1-3-7-4-2-6-11-9(7)8/h1-6,9,11H,10H2. The molecule has 0 radical (unpaired) electrons. The van der Waals surface area contributed by atoms with E-state index in [1.54, 1.807) is 0 Å². The highest BCUT2D eigenvalue weighted by Crippen LogP contribution is 2.17. The van der Waals surface area contributed by atoms with Gasteiger partial charge in [-0.2, -0.15) is 0 Å². The molecule has 0 bridgehead atoms. The van der Waals surface area contributed by atoms with E-state index in [2.05, 4.69) is 17.5 Å². The van der Waals surface area contributed by atoms with Gasteiger partial charge in [0.2, 0.25) is 0 Å². The minimum atomic E-state index is 0.199. The van der Waals surface area contributed by atoms with Crippen molar-refractivity contribution in [2.75, 3.05) is 0 Å². The zero-order chi connectivity index (χ0) is 7.68. The lowest BCUT2D eigenvalue weighted by Gasteiger charge is -2.23. The maximum absolute atomic E-state index is 5.76. The van der Waals surface area contributed by atoms with Crippen LogP contribution in [0.2, 0.25) is 0 Å². The van der Waals surface area contributed by atoms with Crippen molar-refractivity contribution in [3.63, 3.8) is 0 Å². The van der Waals surface area contributed by atoms with E-state index in [-0.39, 0.29) is 6.04 Å². The Morgan fingerprint density at radius 1 is 1.27 bits per heavy atom. The zero-order valence-electron chi connectivity index (χ0n) is 6.12. The number of hydrogen-bond donors (Lipinski definition) is 2. The second kappa shape index (κ2) is 2.31. The molecule has 0 saturated carbocycles. The molecule has 0 fully saturated rings. The van der Waals surface area contributed by atoms with E-state index in [1.807, 2.05) is 24.4 Å². The molecule has 1 aliphatic heterocycles. The maximum Gasteiger partial charge on any atom is 0.0908 e. The van der Waals surface area contributed by atoms with Crippen LogP contribution in [0.25, 0.3) is 0 Å². The van der Waals surface area contributed by atoms with Gasteiger partial charge in [-0.15, -0.1) is 0 Å². The third-order valence-electron chi connectivity index (χ3n) is 1.89. The van der Waals surface area contributed by atoms with Crippen molar-refractivity contribution in [2.24, 2.45) is 5.73 Å². The van der Waals surface area contributed by atoms with Crippen molar-refractivity contribution in [3.05, 3.63) is 47.9 Å². The molecular formula is C9H10N2. The average Bonchev–Trinajstić information content (AvgIpc) is 2.06. The van der Waals surface area contributed by atoms with E-state index in [1.165, 1.54) is 5.57 Å². The van der Waals surface area contributed by atoms with Gasteiger partial charge in [0.05, 0.1) is 6.04 Å². The summed E-state index contributed by atoms with van der Waals surface area (Å²) in [5, 5.41) is 3.18. The molecule has 1 atom stereocenters. The van der Waals surface area contributed by atoms with Crippen molar-refractivity contribution in [1.82, 2.24) is 5.32 Å². The summed E-state index contributed by atoms with van der Waals surface area (Å²) in [6, 6.07) is 0.199. The third-order valence-corrected chi connectivity index (χ3v) is 1.89. The van der Waals surface area contributed by atoms with Crippen LogP contribution in [-0.4, -0.2) is 6.04 Å². The van der Waals surface area contributed by atoms with Gasteiger partial charge < -0.3 is 11.1 Å². The molecule has 1 heterocycles. The first kappa shape index (κ1) is 6.28. The molecular weight excluding hydrogens is 136 g/mol. The van der Waals surface area contributed by atoms with Gasteiger partial charge in [-0.05, 0) is 23.9 Å².